The van der Waals surface area contributed by atoms with Crippen molar-refractivity contribution >= 4 is 20.9 Å². The standard InChI is InChI=1S/C13H12O3S/c1-2-5-12-11-7-4-3-6-10(11)8-9-13(12)17(14,15)16/h2-4,6-9H,1,5H2,(H,14,15,16). The Balaban J connectivity index is 2.86. The Morgan fingerprint density at radius 1 is 1.18 bits per heavy atom. The van der Waals surface area contributed by atoms with Crippen LogP contribution in [-0.4, -0.2) is 13.0 Å². The van der Waals surface area contributed by atoms with Crippen molar-refractivity contribution in [1.29, 1.82) is 0 Å². The van der Waals surface area contributed by atoms with Crippen molar-refractivity contribution < 1.29 is 13.0 Å². The molecular formula is C13H12O3S. The second kappa shape index (κ2) is 4.31. The van der Waals surface area contributed by atoms with Crippen LogP contribution in [0.25, 0.3) is 10.8 Å². The summed E-state index contributed by atoms with van der Waals surface area (Å²) >= 11 is 0. The molecule has 0 saturated carbocycles. The maximum Gasteiger partial charge on any atom is 0.294 e. The summed E-state index contributed by atoms with van der Waals surface area (Å²) in [5.41, 5.74) is 0.584. The van der Waals surface area contributed by atoms with E-state index in [2.05, 4.69) is 6.58 Å². The van der Waals surface area contributed by atoms with E-state index >= 15 is 0 Å². The Bertz CT molecular complexity index is 672. The Hall–Kier alpha value is -1.65. The summed E-state index contributed by atoms with van der Waals surface area (Å²) in [5, 5.41) is 1.76. The van der Waals surface area contributed by atoms with E-state index in [1.54, 1.807) is 12.1 Å². The first-order valence-corrected chi connectivity index (χ1v) is 6.57. The lowest BCUT2D eigenvalue weighted by atomic mass is 10.0. The third-order valence-corrected chi connectivity index (χ3v) is 3.56. The molecule has 0 heterocycles. The molecule has 0 aliphatic carbocycles. The molecule has 2 aromatic carbocycles. The predicted molar refractivity (Wildman–Crippen MR) is 67.7 cm³/mol. The largest absolute Gasteiger partial charge is 0.294 e. The van der Waals surface area contributed by atoms with E-state index in [1.807, 2.05) is 24.3 Å². The second-order valence-electron chi connectivity index (χ2n) is 3.73. The number of hydrogen-bond donors (Lipinski definition) is 1. The molecule has 0 bridgehead atoms. The van der Waals surface area contributed by atoms with Gasteiger partial charge >= 0.3 is 0 Å². The summed E-state index contributed by atoms with van der Waals surface area (Å²) in [4.78, 5) is -0.0453. The smallest absolute Gasteiger partial charge is 0.282 e. The first kappa shape index (κ1) is 11.8. The molecule has 17 heavy (non-hydrogen) atoms. The van der Waals surface area contributed by atoms with Crippen LogP contribution in [0.15, 0.2) is 53.9 Å². The zero-order chi connectivity index (χ0) is 12.5. The van der Waals surface area contributed by atoms with E-state index in [1.165, 1.54) is 6.07 Å². The highest BCUT2D eigenvalue weighted by atomic mass is 32.2. The molecule has 2 rings (SSSR count). The summed E-state index contributed by atoms with van der Waals surface area (Å²) in [6, 6.07) is 10.6. The van der Waals surface area contributed by atoms with Gasteiger partial charge in [0.1, 0.15) is 0 Å². The van der Waals surface area contributed by atoms with Gasteiger partial charge in [-0.3, -0.25) is 4.55 Å². The van der Waals surface area contributed by atoms with Crippen molar-refractivity contribution in [2.75, 3.05) is 0 Å². The van der Waals surface area contributed by atoms with Crippen molar-refractivity contribution in [2.45, 2.75) is 11.3 Å². The molecule has 2 aromatic rings. The molecule has 0 amide bonds. The molecule has 0 aliphatic heterocycles. The minimum absolute atomic E-state index is 0.0453. The number of rotatable bonds is 3. The fourth-order valence-electron chi connectivity index (χ4n) is 1.91. The first-order valence-electron chi connectivity index (χ1n) is 5.13. The van der Waals surface area contributed by atoms with Gasteiger partial charge in [-0.05, 0) is 28.8 Å². The molecule has 88 valence electrons. The Kier molecular flexibility index (Phi) is 3.00. The Morgan fingerprint density at radius 2 is 1.88 bits per heavy atom. The molecule has 0 unspecified atom stereocenters. The van der Waals surface area contributed by atoms with Gasteiger partial charge in [0.2, 0.25) is 0 Å². The lowest BCUT2D eigenvalue weighted by Crippen LogP contribution is -2.03. The number of allylic oxidation sites excluding steroid dienone is 1. The minimum atomic E-state index is -4.19. The molecule has 0 spiro atoms. The van der Waals surface area contributed by atoms with E-state index in [0.29, 0.717) is 12.0 Å². The zero-order valence-electron chi connectivity index (χ0n) is 9.13. The van der Waals surface area contributed by atoms with Gasteiger partial charge in [0.25, 0.3) is 10.1 Å². The number of benzene rings is 2. The summed E-state index contributed by atoms with van der Waals surface area (Å²) in [6.45, 7) is 3.61. The molecule has 0 atom stereocenters. The minimum Gasteiger partial charge on any atom is -0.282 e. The molecule has 0 saturated heterocycles. The van der Waals surface area contributed by atoms with Crippen molar-refractivity contribution in [3.05, 3.63) is 54.6 Å². The normalized spacial score (nSPS) is 11.6. The lowest BCUT2D eigenvalue weighted by Gasteiger charge is -2.09. The second-order valence-corrected chi connectivity index (χ2v) is 5.12. The van der Waals surface area contributed by atoms with Crippen molar-refractivity contribution in [2.24, 2.45) is 0 Å². The van der Waals surface area contributed by atoms with Crippen LogP contribution in [0.2, 0.25) is 0 Å². The van der Waals surface area contributed by atoms with Crippen LogP contribution in [0.1, 0.15) is 5.56 Å². The fourth-order valence-corrected chi connectivity index (χ4v) is 2.66. The van der Waals surface area contributed by atoms with E-state index in [4.69, 9.17) is 0 Å². The van der Waals surface area contributed by atoms with Gasteiger partial charge in [-0.2, -0.15) is 8.42 Å². The van der Waals surface area contributed by atoms with Crippen LogP contribution in [0.4, 0.5) is 0 Å². The molecule has 0 aliphatic rings. The zero-order valence-corrected chi connectivity index (χ0v) is 9.94. The number of fused-ring (bicyclic) bond motifs is 1. The van der Waals surface area contributed by atoms with Gasteiger partial charge in [-0.15, -0.1) is 6.58 Å². The van der Waals surface area contributed by atoms with Crippen LogP contribution in [0.3, 0.4) is 0 Å². The summed E-state index contributed by atoms with van der Waals surface area (Å²) in [5.74, 6) is 0. The Labute approximate surface area is 100 Å². The van der Waals surface area contributed by atoms with Gasteiger partial charge in [-0.1, -0.05) is 36.4 Å². The topological polar surface area (TPSA) is 54.4 Å². The highest BCUT2D eigenvalue weighted by Crippen LogP contribution is 2.26. The van der Waals surface area contributed by atoms with Gasteiger partial charge in [0.15, 0.2) is 0 Å². The molecule has 4 heteroatoms. The van der Waals surface area contributed by atoms with Crippen LogP contribution < -0.4 is 0 Å². The van der Waals surface area contributed by atoms with E-state index < -0.39 is 10.1 Å². The Morgan fingerprint density at radius 3 is 2.53 bits per heavy atom. The van der Waals surface area contributed by atoms with E-state index in [0.717, 1.165) is 10.8 Å². The average Bonchev–Trinajstić information content (AvgIpc) is 2.28. The van der Waals surface area contributed by atoms with Gasteiger partial charge in [0.05, 0.1) is 4.90 Å². The highest BCUT2D eigenvalue weighted by molar-refractivity contribution is 7.85. The summed E-state index contributed by atoms with van der Waals surface area (Å²) in [7, 11) is -4.19. The highest BCUT2D eigenvalue weighted by Gasteiger charge is 2.16. The molecule has 1 N–H and O–H groups in total. The molecule has 0 aromatic heterocycles. The average molecular weight is 248 g/mol. The molecule has 3 nitrogen and oxygen atoms in total. The van der Waals surface area contributed by atoms with Crippen molar-refractivity contribution in [3.63, 3.8) is 0 Å². The van der Waals surface area contributed by atoms with Crippen LogP contribution in [0, 0.1) is 0 Å². The van der Waals surface area contributed by atoms with Gasteiger partial charge in [-0.25, -0.2) is 0 Å². The van der Waals surface area contributed by atoms with E-state index in [-0.39, 0.29) is 4.90 Å². The van der Waals surface area contributed by atoms with Crippen LogP contribution >= 0.6 is 0 Å². The summed E-state index contributed by atoms with van der Waals surface area (Å²) < 4.78 is 31.8. The maximum atomic E-state index is 11.3. The third kappa shape index (κ3) is 2.23. The van der Waals surface area contributed by atoms with E-state index in [9.17, 15) is 13.0 Å². The summed E-state index contributed by atoms with van der Waals surface area (Å²) in [6.07, 6.45) is 2.02. The molecular weight excluding hydrogens is 236 g/mol. The fraction of sp³-hybridized carbons (Fsp3) is 0.0769. The number of hydrogen-bond acceptors (Lipinski definition) is 2. The van der Waals surface area contributed by atoms with Crippen molar-refractivity contribution in [3.8, 4) is 0 Å². The first-order chi connectivity index (χ1) is 8.04. The third-order valence-electron chi connectivity index (χ3n) is 2.62. The molecule has 0 radical (unpaired) electrons. The monoisotopic (exact) mass is 248 g/mol. The van der Waals surface area contributed by atoms with Crippen LogP contribution in [0.5, 0.6) is 0 Å². The van der Waals surface area contributed by atoms with Crippen molar-refractivity contribution in [1.82, 2.24) is 0 Å². The lowest BCUT2D eigenvalue weighted by molar-refractivity contribution is 0.482. The quantitative estimate of drug-likeness (QED) is 0.671. The predicted octanol–water partition coefficient (Wildman–Crippen LogP) is 2.82. The SMILES string of the molecule is C=CCc1c(S(=O)(=O)O)ccc2ccccc12. The van der Waals surface area contributed by atoms with Gasteiger partial charge in [0, 0.05) is 0 Å². The molecule has 0 fully saturated rings. The van der Waals surface area contributed by atoms with Gasteiger partial charge < -0.3 is 0 Å². The maximum absolute atomic E-state index is 11.3. The van der Waals surface area contributed by atoms with Crippen LogP contribution in [-0.2, 0) is 16.5 Å².